The molecule has 2 heterocycles. The first-order valence-electron chi connectivity index (χ1n) is 4.56. The standard InChI is InChI=1S/C11H10BrNO2/c12-9-4-8(6-13-7-9)5-10(14)11-2-1-3-15-11/h1-4,6-7,10,14H,5H2. The number of aliphatic hydroxyl groups excluding tert-OH is 1. The number of pyridine rings is 1. The fourth-order valence-electron chi connectivity index (χ4n) is 1.37. The second kappa shape index (κ2) is 4.59. The first-order chi connectivity index (χ1) is 7.25. The molecule has 2 aromatic heterocycles. The molecule has 1 unspecified atom stereocenters. The molecule has 1 N–H and O–H groups in total. The highest BCUT2D eigenvalue weighted by atomic mass is 79.9. The Morgan fingerprint density at radius 1 is 1.47 bits per heavy atom. The molecule has 2 aromatic rings. The van der Waals surface area contributed by atoms with Crippen LogP contribution in [0.1, 0.15) is 17.4 Å². The van der Waals surface area contributed by atoms with Crippen molar-refractivity contribution in [3.05, 3.63) is 52.7 Å². The molecule has 0 bridgehead atoms. The molecule has 0 radical (unpaired) electrons. The summed E-state index contributed by atoms with van der Waals surface area (Å²) >= 11 is 3.33. The molecule has 3 nitrogen and oxygen atoms in total. The molecule has 0 aliphatic heterocycles. The molecule has 0 spiro atoms. The minimum Gasteiger partial charge on any atom is -0.467 e. The largest absolute Gasteiger partial charge is 0.467 e. The van der Waals surface area contributed by atoms with Crippen LogP contribution in [0.15, 0.2) is 45.7 Å². The smallest absolute Gasteiger partial charge is 0.132 e. The van der Waals surface area contributed by atoms with Gasteiger partial charge in [0, 0.05) is 23.3 Å². The molecule has 0 amide bonds. The van der Waals surface area contributed by atoms with Crippen LogP contribution in [0.5, 0.6) is 0 Å². The highest BCUT2D eigenvalue weighted by molar-refractivity contribution is 9.10. The van der Waals surface area contributed by atoms with Gasteiger partial charge in [-0.25, -0.2) is 0 Å². The summed E-state index contributed by atoms with van der Waals surface area (Å²) in [5.74, 6) is 0.579. The van der Waals surface area contributed by atoms with Crippen LogP contribution in [0.3, 0.4) is 0 Å². The quantitative estimate of drug-likeness (QED) is 0.930. The van der Waals surface area contributed by atoms with E-state index in [-0.39, 0.29) is 0 Å². The predicted octanol–water partition coefficient (Wildman–Crippen LogP) is 2.71. The van der Waals surface area contributed by atoms with Crippen molar-refractivity contribution in [3.63, 3.8) is 0 Å². The molecule has 0 aliphatic rings. The Kier molecular flexibility index (Phi) is 3.18. The van der Waals surface area contributed by atoms with Gasteiger partial charge in [0.15, 0.2) is 0 Å². The average molecular weight is 268 g/mol. The van der Waals surface area contributed by atoms with E-state index in [2.05, 4.69) is 20.9 Å². The fraction of sp³-hybridized carbons (Fsp3) is 0.182. The fourth-order valence-corrected chi connectivity index (χ4v) is 1.78. The molecular formula is C11H10BrNO2. The highest BCUT2D eigenvalue weighted by Crippen LogP contribution is 2.19. The first-order valence-corrected chi connectivity index (χ1v) is 5.36. The summed E-state index contributed by atoms with van der Waals surface area (Å²) < 4.78 is 6.02. The number of hydrogen-bond donors (Lipinski definition) is 1. The van der Waals surface area contributed by atoms with Gasteiger partial charge in [-0.3, -0.25) is 4.98 Å². The highest BCUT2D eigenvalue weighted by Gasteiger charge is 2.11. The third kappa shape index (κ3) is 2.67. The van der Waals surface area contributed by atoms with Gasteiger partial charge >= 0.3 is 0 Å². The molecule has 4 heteroatoms. The lowest BCUT2D eigenvalue weighted by molar-refractivity contribution is 0.150. The lowest BCUT2D eigenvalue weighted by Crippen LogP contribution is -2.00. The number of furan rings is 1. The van der Waals surface area contributed by atoms with Gasteiger partial charge in [0.2, 0.25) is 0 Å². The summed E-state index contributed by atoms with van der Waals surface area (Å²) in [6, 6.07) is 5.45. The number of aromatic nitrogens is 1. The summed E-state index contributed by atoms with van der Waals surface area (Å²) in [7, 11) is 0. The van der Waals surface area contributed by atoms with Crippen LogP contribution in [0.4, 0.5) is 0 Å². The molecule has 0 aliphatic carbocycles. The van der Waals surface area contributed by atoms with Crippen molar-refractivity contribution in [2.75, 3.05) is 0 Å². The van der Waals surface area contributed by atoms with E-state index < -0.39 is 6.10 Å². The summed E-state index contributed by atoms with van der Waals surface area (Å²) in [6.07, 6.45) is 4.88. The van der Waals surface area contributed by atoms with Crippen molar-refractivity contribution in [1.82, 2.24) is 4.98 Å². The Morgan fingerprint density at radius 3 is 3.00 bits per heavy atom. The first kappa shape index (κ1) is 10.4. The maximum atomic E-state index is 9.82. The van der Waals surface area contributed by atoms with E-state index in [1.54, 1.807) is 30.8 Å². The van der Waals surface area contributed by atoms with Crippen molar-refractivity contribution < 1.29 is 9.52 Å². The Bertz CT molecular complexity index is 428. The lowest BCUT2D eigenvalue weighted by Gasteiger charge is -2.07. The SMILES string of the molecule is OC(Cc1cncc(Br)c1)c1ccco1. The topological polar surface area (TPSA) is 46.3 Å². The summed E-state index contributed by atoms with van der Waals surface area (Å²) in [6.45, 7) is 0. The average Bonchev–Trinajstić information content (AvgIpc) is 2.70. The van der Waals surface area contributed by atoms with Gasteiger partial charge in [0.05, 0.1) is 6.26 Å². The van der Waals surface area contributed by atoms with Crippen molar-refractivity contribution >= 4 is 15.9 Å². The second-order valence-corrected chi connectivity index (χ2v) is 4.16. The van der Waals surface area contributed by atoms with Gasteiger partial charge in [0.25, 0.3) is 0 Å². The monoisotopic (exact) mass is 267 g/mol. The van der Waals surface area contributed by atoms with E-state index in [9.17, 15) is 5.11 Å². The Morgan fingerprint density at radius 2 is 2.33 bits per heavy atom. The van der Waals surface area contributed by atoms with Crippen molar-refractivity contribution in [3.8, 4) is 0 Å². The van der Waals surface area contributed by atoms with Crippen LogP contribution in [-0.4, -0.2) is 10.1 Å². The third-order valence-corrected chi connectivity index (χ3v) is 2.50. The van der Waals surface area contributed by atoms with Crippen LogP contribution in [0.2, 0.25) is 0 Å². The number of halogens is 1. The second-order valence-electron chi connectivity index (χ2n) is 3.25. The Balaban J connectivity index is 2.09. The van der Waals surface area contributed by atoms with E-state index in [4.69, 9.17) is 4.42 Å². The van der Waals surface area contributed by atoms with E-state index in [0.29, 0.717) is 12.2 Å². The van der Waals surface area contributed by atoms with E-state index in [1.165, 1.54) is 0 Å². The molecule has 0 saturated heterocycles. The summed E-state index contributed by atoms with van der Waals surface area (Å²) in [5.41, 5.74) is 0.966. The molecule has 78 valence electrons. The van der Waals surface area contributed by atoms with E-state index in [0.717, 1.165) is 10.0 Å². The number of nitrogens with zero attached hydrogens (tertiary/aromatic N) is 1. The zero-order chi connectivity index (χ0) is 10.7. The van der Waals surface area contributed by atoms with Gasteiger partial charge in [-0.15, -0.1) is 0 Å². The summed E-state index contributed by atoms with van der Waals surface area (Å²) in [4.78, 5) is 4.03. The third-order valence-electron chi connectivity index (χ3n) is 2.06. The van der Waals surface area contributed by atoms with Crippen molar-refractivity contribution in [1.29, 1.82) is 0 Å². The Labute approximate surface area is 95.9 Å². The number of aliphatic hydroxyl groups is 1. The van der Waals surface area contributed by atoms with E-state index >= 15 is 0 Å². The van der Waals surface area contributed by atoms with Gasteiger partial charge in [-0.05, 0) is 39.7 Å². The van der Waals surface area contributed by atoms with Crippen molar-refractivity contribution in [2.24, 2.45) is 0 Å². The predicted molar refractivity (Wildman–Crippen MR) is 59.3 cm³/mol. The lowest BCUT2D eigenvalue weighted by atomic mass is 10.1. The molecule has 0 saturated carbocycles. The van der Waals surface area contributed by atoms with Gasteiger partial charge in [0.1, 0.15) is 11.9 Å². The van der Waals surface area contributed by atoms with Crippen LogP contribution in [-0.2, 0) is 6.42 Å². The molecular weight excluding hydrogens is 258 g/mol. The van der Waals surface area contributed by atoms with Gasteiger partial charge in [-0.2, -0.15) is 0 Å². The minimum atomic E-state index is -0.615. The maximum absolute atomic E-state index is 9.82. The molecule has 15 heavy (non-hydrogen) atoms. The molecule has 0 fully saturated rings. The van der Waals surface area contributed by atoms with Crippen LogP contribution >= 0.6 is 15.9 Å². The Hall–Kier alpha value is -1.13. The normalized spacial score (nSPS) is 12.7. The van der Waals surface area contributed by atoms with Crippen LogP contribution in [0, 0.1) is 0 Å². The zero-order valence-corrected chi connectivity index (χ0v) is 9.52. The minimum absolute atomic E-state index is 0.500. The number of rotatable bonds is 3. The van der Waals surface area contributed by atoms with Gasteiger partial charge in [-0.1, -0.05) is 0 Å². The van der Waals surface area contributed by atoms with E-state index in [1.807, 2.05) is 6.07 Å². The summed E-state index contributed by atoms with van der Waals surface area (Å²) in [5, 5.41) is 9.82. The number of hydrogen-bond acceptors (Lipinski definition) is 3. The van der Waals surface area contributed by atoms with Crippen LogP contribution < -0.4 is 0 Å². The maximum Gasteiger partial charge on any atom is 0.132 e. The van der Waals surface area contributed by atoms with Crippen molar-refractivity contribution in [2.45, 2.75) is 12.5 Å². The molecule has 1 atom stereocenters. The van der Waals surface area contributed by atoms with Gasteiger partial charge < -0.3 is 9.52 Å². The molecule has 2 rings (SSSR count). The van der Waals surface area contributed by atoms with Crippen LogP contribution in [0.25, 0.3) is 0 Å². The zero-order valence-electron chi connectivity index (χ0n) is 7.93. The molecule has 0 aromatic carbocycles.